The Morgan fingerprint density at radius 1 is 1.28 bits per heavy atom. The fourth-order valence-electron chi connectivity index (χ4n) is 3.64. The molecular weight excluding hydrogens is 386 g/mol. The van der Waals surface area contributed by atoms with Crippen LogP contribution in [0.25, 0.3) is 0 Å². The van der Waals surface area contributed by atoms with E-state index in [1.54, 1.807) is 18.2 Å². The van der Waals surface area contributed by atoms with Gasteiger partial charge in [0, 0.05) is 6.42 Å². The summed E-state index contributed by atoms with van der Waals surface area (Å²) in [6.45, 7) is 4.69. The zero-order chi connectivity index (χ0) is 20.6. The Bertz CT molecular complexity index is 1130. The molecule has 2 aromatic carbocycles. The third kappa shape index (κ3) is 4.24. The molecule has 1 aliphatic heterocycles. The van der Waals surface area contributed by atoms with Gasteiger partial charge in [-0.05, 0) is 73.8 Å². The maximum absolute atomic E-state index is 11.2. The molecule has 0 unspecified atom stereocenters. The van der Waals surface area contributed by atoms with E-state index in [4.69, 9.17) is 17.0 Å². The van der Waals surface area contributed by atoms with Crippen LogP contribution in [0.3, 0.4) is 0 Å². The molecule has 6 nitrogen and oxygen atoms in total. The lowest BCUT2D eigenvalue weighted by molar-refractivity contribution is 0.0696. The Balaban J connectivity index is 1.58. The van der Waals surface area contributed by atoms with Gasteiger partial charge >= 0.3 is 5.97 Å². The minimum Gasteiger partial charge on any atom is -0.488 e. The predicted octanol–water partition coefficient (Wildman–Crippen LogP) is 4.38. The van der Waals surface area contributed by atoms with Gasteiger partial charge in [0.2, 0.25) is 0 Å². The second-order valence-electron chi connectivity index (χ2n) is 8.02. The molecule has 1 aromatic heterocycles. The lowest BCUT2D eigenvalue weighted by Crippen LogP contribution is -2.32. The van der Waals surface area contributed by atoms with E-state index < -0.39 is 5.97 Å². The van der Waals surface area contributed by atoms with Crippen LogP contribution in [-0.4, -0.2) is 31.4 Å². The Morgan fingerprint density at radius 3 is 2.90 bits per heavy atom. The maximum atomic E-state index is 11.2. The number of aromatic amines is 1. The van der Waals surface area contributed by atoms with Crippen LogP contribution >= 0.6 is 12.2 Å². The van der Waals surface area contributed by atoms with Crippen molar-refractivity contribution in [3.05, 3.63) is 75.3 Å². The molecule has 0 saturated heterocycles. The minimum atomic E-state index is -0.942. The number of carbonyl (C=O) groups is 1. The van der Waals surface area contributed by atoms with E-state index in [0.29, 0.717) is 17.7 Å². The van der Waals surface area contributed by atoms with Gasteiger partial charge in [0.1, 0.15) is 17.2 Å². The molecule has 0 bridgehead atoms. The Morgan fingerprint density at radius 2 is 2.10 bits per heavy atom. The van der Waals surface area contributed by atoms with Crippen molar-refractivity contribution in [3.8, 4) is 5.75 Å². The van der Waals surface area contributed by atoms with Crippen LogP contribution in [0.5, 0.6) is 5.75 Å². The van der Waals surface area contributed by atoms with Gasteiger partial charge in [0.25, 0.3) is 0 Å². The molecule has 3 aromatic rings. The van der Waals surface area contributed by atoms with Crippen LogP contribution in [0.4, 0.5) is 0 Å². The first kappa shape index (κ1) is 19.4. The van der Waals surface area contributed by atoms with Gasteiger partial charge in [-0.2, -0.15) is 5.10 Å². The van der Waals surface area contributed by atoms with Crippen LogP contribution in [0.15, 0.2) is 42.5 Å². The summed E-state index contributed by atoms with van der Waals surface area (Å²) in [5, 5.41) is 16.5. The highest BCUT2D eigenvalue weighted by atomic mass is 32.1. The number of hydrogen-bond acceptors (Lipinski definition) is 4. The maximum Gasteiger partial charge on any atom is 0.335 e. The first-order valence-electron chi connectivity index (χ1n) is 9.58. The molecule has 0 radical (unpaired) electrons. The Hall–Kier alpha value is -2.93. The average Bonchev–Trinajstić information content (AvgIpc) is 3.01. The number of rotatable bonds is 5. The molecule has 150 valence electrons. The Labute approximate surface area is 174 Å². The molecule has 2 N–H and O–H groups in total. The summed E-state index contributed by atoms with van der Waals surface area (Å²) in [5.41, 5.74) is 3.36. The lowest BCUT2D eigenvalue weighted by Gasteiger charge is -2.32. The van der Waals surface area contributed by atoms with Crippen molar-refractivity contribution in [1.29, 1.82) is 0 Å². The summed E-state index contributed by atoms with van der Waals surface area (Å²) >= 11 is 5.40. The normalized spacial score (nSPS) is 14.8. The molecule has 0 saturated carbocycles. The number of aromatic nitrogens is 3. The zero-order valence-corrected chi connectivity index (χ0v) is 17.3. The number of nitrogens with one attached hydrogen (secondary N) is 1. The highest BCUT2D eigenvalue weighted by Crippen LogP contribution is 2.33. The second kappa shape index (κ2) is 7.48. The van der Waals surface area contributed by atoms with Gasteiger partial charge in [-0.3, -0.25) is 9.67 Å². The van der Waals surface area contributed by atoms with Crippen molar-refractivity contribution < 1.29 is 14.6 Å². The third-order valence-electron chi connectivity index (χ3n) is 5.22. The topological polar surface area (TPSA) is 80.1 Å². The monoisotopic (exact) mass is 409 g/mol. The number of carboxylic acids is 1. The van der Waals surface area contributed by atoms with E-state index in [9.17, 15) is 9.90 Å². The second-order valence-corrected chi connectivity index (χ2v) is 8.40. The average molecular weight is 410 g/mol. The summed E-state index contributed by atoms with van der Waals surface area (Å²) in [7, 11) is 0. The summed E-state index contributed by atoms with van der Waals surface area (Å²) in [6.07, 6.45) is 2.61. The molecule has 0 atom stereocenters. The number of ether oxygens (including phenoxy) is 1. The van der Waals surface area contributed by atoms with Crippen LogP contribution in [0, 0.1) is 4.77 Å². The predicted molar refractivity (Wildman–Crippen MR) is 112 cm³/mol. The van der Waals surface area contributed by atoms with Crippen LogP contribution < -0.4 is 4.74 Å². The van der Waals surface area contributed by atoms with Crippen molar-refractivity contribution in [2.24, 2.45) is 0 Å². The van der Waals surface area contributed by atoms with E-state index in [0.717, 1.165) is 35.5 Å². The van der Waals surface area contributed by atoms with Crippen molar-refractivity contribution in [3.63, 3.8) is 0 Å². The van der Waals surface area contributed by atoms with Gasteiger partial charge in [-0.1, -0.05) is 24.3 Å². The van der Waals surface area contributed by atoms with E-state index in [2.05, 4.69) is 36.2 Å². The van der Waals surface area contributed by atoms with Gasteiger partial charge in [-0.15, -0.1) is 0 Å². The lowest BCUT2D eigenvalue weighted by atomic mass is 9.93. The standard InChI is InChI=1S/C22H23N3O3S/c1-22(2)9-8-16-10-14(6-7-18(16)28-22)12-19-23-24-21(29)25(19)13-15-4-3-5-17(11-15)20(26)27/h3-7,10-11H,8-9,12-13H2,1-2H3,(H,24,29)(H,26,27). The first-order chi connectivity index (χ1) is 13.8. The summed E-state index contributed by atoms with van der Waals surface area (Å²) in [6, 6.07) is 13.2. The van der Waals surface area contributed by atoms with Crippen molar-refractivity contribution in [1.82, 2.24) is 14.8 Å². The van der Waals surface area contributed by atoms with Crippen LogP contribution in [-0.2, 0) is 19.4 Å². The highest BCUT2D eigenvalue weighted by molar-refractivity contribution is 7.71. The van der Waals surface area contributed by atoms with Crippen LogP contribution in [0.1, 0.15) is 53.1 Å². The molecule has 0 fully saturated rings. The number of aromatic carboxylic acids is 1. The summed E-state index contributed by atoms with van der Waals surface area (Å²) in [4.78, 5) is 11.2. The molecule has 0 aliphatic carbocycles. The van der Waals surface area contributed by atoms with E-state index in [1.807, 2.05) is 16.7 Å². The number of nitrogens with zero attached hydrogens (tertiary/aromatic N) is 2. The fraction of sp³-hybridized carbons (Fsp3) is 0.318. The first-order valence-corrected chi connectivity index (χ1v) is 9.99. The van der Waals surface area contributed by atoms with Gasteiger partial charge in [-0.25, -0.2) is 4.79 Å². The number of benzene rings is 2. The largest absolute Gasteiger partial charge is 0.488 e. The SMILES string of the molecule is CC1(C)CCc2cc(Cc3n[nH]c(=S)n3Cc3cccc(C(=O)O)c3)ccc2O1. The minimum absolute atomic E-state index is 0.124. The molecule has 0 amide bonds. The highest BCUT2D eigenvalue weighted by Gasteiger charge is 2.26. The molecule has 7 heteroatoms. The summed E-state index contributed by atoms with van der Waals surface area (Å²) in [5.74, 6) is 0.824. The van der Waals surface area contributed by atoms with Gasteiger partial charge in [0.15, 0.2) is 4.77 Å². The number of hydrogen-bond donors (Lipinski definition) is 2. The van der Waals surface area contributed by atoms with Gasteiger partial charge in [0.05, 0.1) is 12.1 Å². The van der Waals surface area contributed by atoms with Crippen molar-refractivity contribution in [2.75, 3.05) is 0 Å². The summed E-state index contributed by atoms with van der Waals surface area (Å²) < 4.78 is 8.50. The van der Waals surface area contributed by atoms with Crippen molar-refractivity contribution in [2.45, 2.75) is 45.3 Å². The Kier molecular flexibility index (Phi) is 5.00. The molecule has 1 aliphatic rings. The van der Waals surface area contributed by atoms with E-state index in [1.165, 1.54) is 5.56 Å². The molecule has 0 spiro atoms. The third-order valence-corrected chi connectivity index (χ3v) is 5.53. The smallest absolute Gasteiger partial charge is 0.335 e. The number of fused-ring (bicyclic) bond motifs is 1. The van der Waals surface area contributed by atoms with Gasteiger partial charge < -0.3 is 9.84 Å². The van der Waals surface area contributed by atoms with Crippen molar-refractivity contribution >= 4 is 18.2 Å². The molecule has 4 rings (SSSR count). The fourth-order valence-corrected chi connectivity index (χ4v) is 3.85. The quantitative estimate of drug-likeness (QED) is 0.611. The van der Waals surface area contributed by atoms with E-state index >= 15 is 0 Å². The van der Waals surface area contributed by atoms with E-state index in [-0.39, 0.29) is 11.2 Å². The molecule has 2 heterocycles. The van der Waals surface area contributed by atoms with Crippen LogP contribution in [0.2, 0.25) is 0 Å². The number of H-pyrrole nitrogens is 1. The number of aryl methyl sites for hydroxylation is 1. The molecule has 29 heavy (non-hydrogen) atoms. The molecular formula is C22H23N3O3S. The number of carboxylic acid groups (broad SMARTS) is 1. The zero-order valence-electron chi connectivity index (χ0n) is 16.4.